The van der Waals surface area contributed by atoms with Crippen molar-refractivity contribution in [3.8, 4) is 17.3 Å². The van der Waals surface area contributed by atoms with E-state index in [0.717, 1.165) is 24.0 Å². The Kier molecular flexibility index (Phi) is 6.43. The molecule has 0 aliphatic heterocycles. The maximum atomic E-state index is 13.9. The van der Waals surface area contributed by atoms with Gasteiger partial charge >= 0.3 is 5.97 Å². The summed E-state index contributed by atoms with van der Waals surface area (Å²) in [6.45, 7) is 3.58. The zero-order valence-corrected chi connectivity index (χ0v) is 16.8. The van der Waals surface area contributed by atoms with Crippen LogP contribution in [0.5, 0.6) is 0 Å². The third-order valence-electron chi connectivity index (χ3n) is 4.74. The van der Waals surface area contributed by atoms with Crippen molar-refractivity contribution in [1.82, 2.24) is 4.98 Å². The summed E-state index contributed by atoms with van der Waals surface area (Å²) >= 11 is 0. The van der Waals surface area contributed by atoms with Gasteiger partial charge in [-0.1, -0.05) is 49.8 Å². The summed E-state index contributed by atoms with van der Waals surface area (Å²) in [6, 6.07) is 12.8. The van der Waals surface area contributed by atoms with Crippen LogP contribution in [0.4, 0.5) is 10.1 Å². The average Bonchev–Trinajstić information content (AvgIpc) is 2.74. The number of hydrogen-bond donors (Lipinski definition) is 2. The molecule has 0 bridgehead atoms. The standard InChI is InChI=1S/C24H22FN3O2/c1-3-4-5-6-16-7-9-17(10-8-16)22-20(14-26)23(27-15(2)24(29)30)19-13-18(25)11-12-21(19)28-22/h5-13,15H,3-4H2,1-2H3,(H,27,28)(H,29,30)/b6-5+. The number of nitriles is 1. The molecule has 1 atom stereocenters. The van der Waals surface area contributed by atoms with Gasteiger partial charge in [-0.05, 0) is 37.1 Å². The van der Waals surface area contributed by atoms with E-state index in [1.54, 1.807) is 0 Å². The number of aliphatic carboxylic acids is 1. The number of anilines is 1. The molecule has 1 aromatic heterocycles. The number of carboxylic acids is 1. The van der Waals surface area contributed by atoms with E-state index in [1.807, 2.05) is 30.3 Å². The molecule has 6 heteroatoms. The van der Waals surface area contributed by atoms with Gasteiger partial charge in [0.1, 0.15) is 23.5 Å². The number of halogens is 1. The first kappa shape index (κ1) is 21.0. The van der Waals surface area contributed by atoms with Gasteiger partial charge in [0.25, 0.3) is 0 Å². The van der Waals surface area contributed by atoms with E-state index in [1.165, 1.54) is 25.1 Å². The van der Waals surface area contributed by atoms with Gasteiger partial charge in [-0.25, -0.2) is 9.37 Å². The van der Waals surface area contributed by atoms with Crippen molar-refractivity contribution in [2.75, 3.05) is 5.32 Å². The molecular weight excluding hydrogens is 381 g/mol. The highest BCUT2D eigenvalue weighted by molar-refractivity contribution is 5.99. The monoisotopic (exact) mass is 403 g/mol. The maximum Gasteiger partial charge on any atom is 0.325 e. The fourth-order valence-corrected chi connectivity index (χ4v) is 3.12. The first-order valence-corrected chi connectivity index (χ1v) is 9.74. The number of carboxylic acid groups (broad SMARTS) is 1. The molecule has 3 aromatic rings. The molecule has 2 N–H and O–H groups in total. The van der Waals surface area contributed by atoms with E-state index in [2.05, 4.69) is 29.4 Å². The number of nitrogens with one attached hydrogen (secondary N) is 1. The first-order chi connectivity index (χ1) is 14.4. The van der Waals surface area contributed by atoms with Crippen LogP contribution in [0, 0.1) is 17.1 Å². The number of nitrogens with zero attached hydrogens (tertiary/aromatic N) is 2. The molecule has 1 heterocycles. The van der Waals surface area contributed by atoms with E-state index >= 15 is 0 Å². The minimum atomic E-state index is -1.08. The molecular formula is C24H22FN3O2. The lowest BCUT2D eigenvalue weighted by atomic mass is 9.99. The minimum absolute atomic E-state index is 0.176. The third kappa shape index (κ3) is 4.47. The minimum Gasteiger partial charge on any atom is -0.480 e. The van der Waals surface area contributed by atoms with Crippen LogP contribution in [0.25, 0.3) is 28.2 Å². The molecule has 0 saturated heterocycles. The van der Waals surface area contributed by atoms with E-state index in [9.17, 15) is 19.6 Å². The van der Waals surface area contributed by atoms with Crippen molar-refractivity contribution < 1.29 is 14.3 Å². The second-order valence-electron chi connectivity index (χ2n) is 7.00. The SMILES string of the molecule is CCC/C=C/c1ccc(-c2nc3ccc(F)cc3c(NC(C)C(=O)O)c2C#N)cc1. The first-order valence-electron chi connectivity index (χ1n) is 9.74. The third-order valence-corrected chi connectivity index (χ3v) is 4.74. The maximum absolute atomic E-state index is 13.9. The van der Waals surface area contributed by atoms with E-state index < -0.39 is 17.8 Å². The van der Waals surface area contributed by atoms with Crippen LogP contribution < -0.4 is 5.32 Å². The Morgan fingerprint density at radius 3 is 2.67 bits per heavy atom. The molecule has 30 heavy (non-hydrogen) atoms. The Bertz CT molecular complexity index is 1150. The topological polar surface area (TPSA) is 86.0 Å². The smallest absolute Gasteiger partial charge is 0.325 e. The zero-order valence-electron chi connectivity index (χ0n) is 16.8. The van der Waals surface area contributed by atoms with E-state index in [4.69, 9.17) is 0 Å². The largest absolute Gasteiger partial charge is 0.480 e. The van der Waals surface area contributed by atoms with Gasteiger partial charge in [0, 0.05) is 10.9 Å². The molecule has 3 rings (SSSR count). The summed E-state index contributed by atoms with van der Waals surface area (Å²) in [6.07, 6.45) is 6.22. The highest BCUT2D eigenvalue weighted by Crippen LogP contribution is 2.34. The molecule has 0 aliphatic rings. The summed E-state index contributed by atoms with van der Waals surface area (Å²) in [5, 5.41) is 22.4. The number of unbranched alkanes of at least 4 members (excludes halogenated alkanes) is 1. The van der Waals surface area contributed by atoms with Crippen molar-refractivity contribution in [2.45, 2.75) is 32.7 Å². The molecule has 1 unspecified atom stereocenters. The molecule has 0 saturated carbocycles. The number of aromatic nitrogens is 1. The van der Waals surface area contributed by atoms with Crippen LogP contribution in [0.1, 0.15) is 37.8 Å². The number of hydrogen-bond acceptors (Lipinski definition) is 4. The van der Waals surface area contributed by atoms with Gasteiger partial charge in [-0.15, -0.1) is 0 Å². The lowest BCUT2D eigenvalue weighted by molar-refractivity contribution is -0.137. The summed E-state index contributed by atoms with van der Waals surface area (Å²) in [5.41, 5.74) is 3.08. The van der Waals surface area contributed by atoms with Crippen LogP contribution in [-0.2, 0) is 4.79 Å². The predicted molar refractivity (Wildman–Crippen MR) is 117 cm³/mol. The van der Waals surface area contributed by atoms with E-state index in [0.29, 0.717) is 16.6 Å². The molecule has 152 valence electrons. The molecule has 0 radical (unpaired) electrons. The second-order valence-corrected chi connectivity index (χ2v) is 7.00. The number of carbonyl (C=O) groups is 1. The fourth-order valence-electron chi connectivity index (χ4n) is 3.12. The zero-order chi connectivity index (χ0) is 21.7. The Morgan fingerprint density at radius 1 is 1.30 bits per heavy atom. The lowest BCUT2D eigenvalue weighted by Crippen LogP contribution is -2.26. The van der Waals surface area contributed by atoms with Crippen LogP contribution in [0.2, 0.25) is 0 Å². The van der Waals surface area contributed by atoms with E-state index in [-0.39, 0.29) is 11.3 Å². The molecule has 0 fully saturated rings. The number of allylic oxidation sites excluding steroid dienone is 1. The highest BCUT2D eigenvalue weighted by Gasteiger charge is 2.20. The lowest BCUT2D eigenvalue weighted by Gasteiger charge is -2.17. The van der Waals surface area contributed by atoms with Crippen LogP contribution in [0.15, 0.2) is 48.5 Å². The van der Waals surface area contributed by atoms with Gasteiger partial charge < -0.3 is 10.4 Å². The van der Waals surface area contributed by atoms with Crippen molar-refractivity contribution in [3.63, 3.8) is 0 Å². The Hall–Kier alpha value is -3.72. The number of rotatable bonds is 7. The number of fused-ring (bicyclic) bond motifs is 1. The van der Waals surface area contributed by atoms with Crippen molar-refractivity contribution in [2.24, 2.45) is 0 Å². The van der Waals surface area contributed by atoms with Crippen LogP contribution in [-0.4, -0.2) is 22.1 Å². The Balaban J connectivity index is 2.16. The van der Waals surface area contributed by atoms with Crippen molar-refractivity contribution in [1.29, 1.82) is 5.26 Å². The average molecular weight is 403 g/mol. The quantitative estimate of drug-likeness (QED) is 0.535. The molecule has 0 spiro atoms. The highest BCUT2D eigenvalue weighted by atomic mass is 19.1. The van der Waals surface area contributed by atoms with Gasteiger partial charge in [0.05, 0.1) is 16.9 Å². The summed E-state index contributed by atoms with van der Waals surface area (Å²) < 4.78 is 13.9. The van der Waals surface area contributed by atoms with Crippen LogP contribution >= 0.6 is 0 Å². The van der Waals surface area contributed by atoms with Gasteiger partial charge in [-0.2, -0.15) is 5.26 Å². The fraction of sp³-hybridized carbons (Fsp3) is 0.208. The Labute approximate surface area is 174 Å². The number of pyridine rings is 1. The van der Waals surface area contributed by atoms with Crippen molar-refractivity contribution >= 4 is 28.6 Å². The summed E-state index contributed by atoms with van der Waals surface area (Å²) in [7, 11) is 0. The molecule has 0 aliphatic carbocycles. The molecule has 5 nitrogen and oxygen atoms in total. The van der Waals surface area contributed by atoms with Gasteiger partial charge in [0.15, 0.2) is 0 Å². The van der Waals surface area contributed by atoms with Crippen molar-refractivity contribution in [3.05, 3.63) is 65.5 Å². The molecule has 0 amide bonds. The van der Waals surface area contributed by atoms with Gasteiger partial charge in [-0.3, -0.25) is 4.79 Å². The number of benzene rings is 2. The summed E-state index contributed by atoms with van der Waals surface area (Å²) in [5.74, 6) is -1.57. The summed E-state index contributed by atoms with van der Waals surface area (Å²) in [4.78, 5) is 15.9. The van der Waals surface area contributed by atoms with Gasteiger partial charge in [0.2, 0.25) is 0 Å². The normalized spacial score (nSPS) is 12.1. The van der Waals surface area contributed by atoms with Crippen LogP contribution in [0.3, 0.4) is 0 Å². The Morgan fingerprint density at radius 2 is 2.03 bits per heavy atom. The predicted octanol–water partition coefficient (Wildman–Crippen LogP) is 5.61. The second kappa shape index (κ2) is 9.19. The molecule has 2 aromatic carbocycles.